The van der Waals surface area contributed by atoms with Crippen molar-refractivity contribution in [3.05, 3.63) is 18.2 Å². The molecule has 18 heavy (non-hydrogen) atoms. The van der Waals surface area contributed by atoms with Crippen LogP contribution < -0.4 is 10.5 Å². The maximum absolute atomic E-state index is 5.97. The van der Waals surface area contributed by atoms with Crippen molar-refractivity contribution in [2.75, 3.05) is 33.0 Å². The Bertz CT molecular complexity index is 535. The van der Waals surface area contributed by atoms with Crippen LogP contribution in [0.4, 0.5) is 5.95 Å². The van der Waals surface area contributed by atoms with Gasteiger partial charge in [-0.15, -0.1) is 0 Å². The third kappa shape index (κ3) is 2.41. The fourth-order valence-corrected chi connectivity index (χ4v) is 1.92. The number of hydrogen-bond donors (Lipinski definition) is 1. The van der Waals surface area contributed by atoms with Crippen molar-refractivity contribution < 1.29 is 4.74 Å². The minimum absolute atomic E-state index is 0.558. The number of nitrogens with zero attached hydrogens (tertiary/aromatic N) is 3. The first-order chi connectivity index (χ1) is 8.65. The van der Waals surface area contributed by atoms with Crippen LogP contribution in [0, 0.1) is 0 Å². The standard InChI is InChI=1S/C13H20N4O/c1-4-16(2)7-8-17-12-6-5-10(18-3)9-11(12)15-13(17)14/h5-6,9H,4,7-8H2,1-3H3,(H2,14,15). The molecule has 0 spiro atoms. The van der Waals surface area contributed by atoms with Crippen LogP contribution in [-0.2, 0) is 6.54 Å². The van der Waals surface area contributed by atoms with Gasteiger partial charge in [-0.2, -0.15) is 0 Å². The van der Waals surface area contributed by atoms with Gasteiger partial charge >= 0.3 is 0 Å². The van der Waals surface area contributed by atoms with Gasteiger partial charge < -0.3 is 19.9 Å². The maximum atomic E-state index is 5.97. The summed E-state index contributed by atoms with van der Waals surface area (Å²) in [5.74, 6) is 1.36. The Morgan fingerprint density at radius 1 is 1.44 bits per heavy atom. The second-order valence-corrected chi connectivity index (χ2v) is 4.37. The molecule has 5 nitrogen and oxygen atoms in total. The zero-order valence-corrected chi connectivity index (χ0v) is 11.2. The van der Waals surface area contributed by atoms with Gasteiger partial charge in [-0.1, -0.05) is 6.92 Å². The van der Waals surface area contributed by atoms with Gasteiger partial charge in [0.05, 0.1) is 18.1 Å². The second-order valence-electron chi connectivity index (χ2n) is 4.37. The Labute approximate surface area is 107 Å². The second kappa shape index (κ2) is 5.27. The molecular weight excluding hydrogens is 228 g/mol. The summed E-state index contributed by atoms with van der Waals surface area (Å²) in [7, 11) is 3.75. The Kier molecular flexibility index (Phi) is 3.72. The molecule has 1 aromatic carbocycles. The Morgan fingerprint density at radius 3 is 2.89 bits per heavy atom. The summed E-state index contributed by atoms with van der Waals surface area (Å²) in [6.45, 7) is 4.97. The van der Waals surface area contributed by atoms with Crippen molar-refractivity contribution in [3.8, 4) is 5.75 Å². The van der Waals surface area contributed by atoms with Gasteiger partial charge in [-0.3, -0.25) is 0 Å². The van der Waals surface area contributed by atoms with E-state index in [4.69, 9.17) is 10.5 Å². The lowest BCUT2D eigenvalue weighted by atomic mass is 10.3. The highest BCUT2D eigenvalue weighted by Crippen LogP contribution is 2.22. The molecule has 2 N–H and O–H groups in total. The number of rotatable bonds is 5. The average Bonchev–Trinajstić information content (AvgIpc) is 2.70. The number of fused-ring (bicyclic) bond motifs is 1. The van der Waals surface area contributed by atoms with Crippen LogP contribution in [-0.4, -0.2) is 41.7 Å². The third-order valence-electron chi connectivity index (χ3n) is 3.23. The maximum Gasteiger partial charge on any atom is 0.201 e. The molecule has 2 rings (SSSR count). The molecule has 5 heteroatoms. The lowest BCUT2D eigenvalue weighted by Crippen LogP contribution is -2.23. The van der Waals surface area contributed by atoms with Crippen molar-refractivity contribution in [1.82, 2.24) is 14.5 Å². The SMILES string of the molecule is CCN(C)CCn1c(N)nc2cc(OC)ccc21. The van der Waals surface area contributed by atoms with E-state index in [2.05, 4.69) is 23.9 Å². The van der Waals surface area contributed by atoms with Crippen molar-refractivity contribution >= 4 is 17.0 Å². The summed E-state index contributed by atoms with van der Waals surface area (Å²) < 4.78 is 7.23. The molecule has 0 atom stereocenters. The molecule has 1 heterocycles. The van der Waals surface area contributed by atoms with Crippen LogP contribution in [0.2, 0.25) is 0 Å². The minimum Gasteiger partial charge on any atom is -0.497 e. The van der Waals surface area contributed by atoms with E-state index >= 15 is 0 Å². The zero-order valence-electron chi connectivity index (χ0n) is 11.2. The number of likely N-dealkylation sites (N-methyl/N-ethyl adjacent to an activating group) is 1. The van der Waals surface area contributed by atoms with Crippen LogP contribution in [0.1, 0.15) is 6.92 Å². The van der Waals surface area contributed by atoms with Crippen LogP contribution in [0.5, 0.6) is 5.75 Å². The van der Waals surface area contributed by atoms with E-state index in [0.717, 1.165) is 36.4 Å². The molecule has 0 saturated heterocycles. The van der Waals surface area contributed by atoms with E-state index in [9.17, 15) is 0 Å². The van der Waals surface area contributed by atoms with E-state index in [0.29, 0.717) is 5.95 Å². The summed E-state index contributed by atoms with van der Waals surface area (Å²) in [5.41, 5.74) is 7.90. The molecular formula is C13H20N4O. The number of hydrogen-bond acceptors (Lipinski definition) is 4. The summed E-state index contributed by atoms with van der Waals surface area (Å²) >= 11 is 0. The third-order valence-corrected chi connectivity index (χ3v) is 3.23. The molecule has 98 valence electrons. The number of aromatic nitrogens is 2. The fourth-order valence-electron chi connectivity index (χ4n) is 1.92. The van der Waals surface area contributed by atoms with Gasteiger partial charge in [-0.25, -0.2) is 4.98 Å². The molecule has 0 radical (unpaired) electrons. The number of nitrogens with two attached hydrogens (primary N) is 1. The van der Waals surface area contributed by atoms with Gasteiger partial charge in [-0.05, 0) is 25.7 Å². The molecule has 1 aromatic heterocycles. The topological polar surface area (TPSA) is 56.3 Å². The van der Waals surface area contributed by atoms with Crippen molar-refractivity contribution in [2.45, 2.75) is 13.5 Å². The van der Waals surface area contributed by atoms with E-state index in [1.165, 1.54) is 0 Å². The van der Waals surface area contributed by atoms with Crippen LogP contribution >= 0.6 is 0 Å². The molecule has 0 aliphatic carbocycles. The van der Waals surface area contributed by atoms with E-state index in [-0.39, 0.29) is 0 Å². The molecule has 0 amide bonds. The molecule has 2 aromatic rings. The van der Waals surface area contributed by atoms with E-state index in [1.807, 2.05) is 22.8 Å². The largest absolute Gasteiger partial charge is 0.497 e. The van der Waals surface area contributed by atoms with Crippen LogP contribution in [0.25, 0.3) is 11.0 Å². The predicted octanol–water partition coefficient (Wildman–Crippen LogP) is 1.58. The molecule has 0 unspecified atom stereocenters. The molecule has 0 aliphatic rings. The van der Waals surface area contributed by atoms with Gasteiger partial charge in [0, 0.05) is 19.2 Å². The van der Waals surface area contributed by atoms with Gasteiger partial charge in [0.25, 0.3) is 0 Å². The lowest BCUT2D eigenvalue weighted by Gasteiger charge is -2.15. The number of benzene rings is 1. The van der Waals surface area contributed by atoms with Crippen LogP contribution in [0.15, 0.2) is 18.2 Å². The van der Waals surface area contributed by atoms with Gasteiger partial charge in [0.2, 0.25) is 5.95 Å². The summed E-state index contributed by atoms with van der Waals surface area (Å²) in [6, 6.07) is 5.85. The molecule has 0 aliphatic heterocycles. The Balaban J connectivity index is 2.29. The van der Waals surface area contributed by atoms with Crippen molar-refractivity contribution in [1.29, 1.82) is 0 Å². The Hall–Kier alpha value is -1.75. The average molecular weight is 248 g/mol. The first-order valence-electron chi connectivity index (χ1n) is 6.14. The van der Waals surface area contributed by atoms with Gasteiger partial charge in [0.15, 0.2) is 0 Å². The van der Waals surface area contributed by atoms with Gasteiger partial charge in [0.1, 0.15) is 5.75 Å². The van der Waals surface area contributed by atoms with E-state index in [1.54, 1.807) is 7.11 Å². The van der Waals surface area contributed by atoms with E-state index < -0.39 is 0 Å². The number of ether oxygens (including phenoxy) is 1. The summed E-state index contributed by atoms with van der Waals surface area (Å²) in [4.78, 5) is 6.61. The summed E-state index contributed by atoms with van der Waals surface area (Å²) in [5, 5.41) is 0. The highest BCUT2D eigenvalue weighted by molar-refractivity contribution is 5.79. The highest BCUT2D eigenvalue weighted by Gasteiger charge is 2.09. The number of methoxy groups -OCH3 is 1. The molecule has 0 saturated carbocycles. The minimum atomic E-state index is 0.558. The Morgan fingerprint density at radius 2 is 2.22 bits per heavy atom. The number of anilines is 1. The molecule has 0 fully saturated rings. The normalized spacial score (nSPS) is 11.3. The smallest absolute Gasteiger partial charge is 0.201 e. The quantitative estimate of drug-likeness (QED) is 0.872. The number of imidazole rings is 1. The summed E-state index contributed by atoms with van der Waals surface area (Å²) in [6.07, 6.45) is 0. The lowest BCUT2D eigenvalue weighted by molar-refractivity contribution is 0.338. The number of nitrogen functional groups attached to an aromatic ring is 1. The first kappa shape index (κ1) is 12.7. The fraction of sp³-hybridized carbons (Fsp3) is 0.462. The highest BCUT2D eigenvalue weighted by atomic mass is 16.5. The monoisotopic (exact) mass is 248 g/mol. The zero-order chi connectivity index (χ0) is 13.1. The van der Waals surface area contributed by atoms with Crippen molar-refractivity contribution in [2.24, 2.45) is 0 Å². The molecule has 0 bridgehead atoms. The van der Waals surface area contributed by atoms with Crippen LogP contribution in [0.3, 0.4) is 0 Å². The predicted molar refractivity (Wildman–Crippen MR) is 73.9 cm³/mol. The van der Waals surface area contributed by atoms with Crippen molar-refractivity contribution in [3.63, 3.8) is 0 Å². The first-order valence-corrected chi connectivity index (χ1v) is 6.14.